The molecule has 2 aliphatic rings. The van der Waals surface area contributed by atoms with Crippen molar-refractivity contribution in [1.82, 2.24) is 9.29 Å². The predicted molar refractivity (Wildman–Crippen MR) is 74.7 cm³/mol. The maximum absolute atomic E-state index is 12.3. The van der Waals surface area contributed by atoms with Crippen LogP contribution in [0.1, 0.15) is 31.0 Å². The van der Waals surface area contributed by atoms with Crippen molar-refractivity contribution in [2.45, 2.75) is 42.8 Å². The molecule has 0 aromatic carbocycles. The Morgan fingerprint density at radius 1 is 1.42 bits per heavy atom. The van der Waals surface area contributed by atoms with Crippen LogP contribution >= 0.6 is 11.8 Å². The zero-order valence-corrected chi connectivity index (χ0v) is 12.2. The standard InChI is InChI=1S/C12H18N2O3S2/c15-7-11-5-12(6-14(11)10-1-2-10)19(16,17)13-9-3-4-18-8-9/h5-6,9-10,13,15H,1-4,7-8H2. The maximum atomic E-state index is 12.3. The molecule has 7 heteroatoms. The van der Waals surface area contributed by atoms with Crippen molar-refractivity contribution in [3.8, 4) is 0 Å². The summed E-state index contributed by atoms with van der Waals surface area (Å²) >= 11 is 1.77. The fraction of sp³-hybridized carbons (Fsp3) is 0.667. The minimum Gasteiger partial charge on any atom is -0.390 e. The average Bonchev–Trinajstić information content (AvgIpc) is 2.91. The van der Waals surface area contributed by atoms with Crippen LogP contribution in [-0.4, -0.2) is 35.6 Å². The first-order chi connectivity index (χ1) is 9.10. The summed E-state index contributed by atoms with van der Waals surface area (Å²) in [5.41, 5.74) is 0.684. The van der Waals surface area contributed by atoms with E-state index < -0.39 is 10.0 Å². The van der Waals surface area contributed by atoms with Gasteiger partial charge in [0.1, 0.15) is 0 Å². The summed E-state index contributed by atoms with van der Waals surface area (Å²) in [5.74, 6) is 1.85. The van der Waals surface area contributed by atoms with Gasteiger partial charge in [-0.25, -0.2) is 13.1 Å². The molecule has 0 radical (unpaired) electrons. The zero-order chi connectivity index (χ0) is 13.5. The van der Waals surface area contributed by atoms with Crippen LogP contribution in [0.15, 0.2) is 17.2 Å². The predicted octanol–water partition coefficient (Wildman–Crippen LogP) is 1.10. The van der Waals surface area contributed by atoms with Crippen LogP contribution < -0.4 is 4.72 Å². The summed E-state index contributed by atoms with van der Waals surface area (Å²) in [5, 5.41) is 9.32. The average molecular weight is 302 g/mol. The van der Waals surface area contributed by atoms with Gasteiger partial charge in [-0.3, -0.25) is 0 Å². The molecule has 0 amide bonds. The second-order valence-electron chi connectivity index (χ2n) is 5.15. The number of thioether (sulfide) groups is 1. The van der Waals surface area contributed by atoms with E-state index >= 15 is 0 Å². The number of aromatic nitrogens is 1. The molecule has 1 saturated heterocycles. The highest BCUT2D eigenvalue weighted by molar-refractivity contribution is 7.99. The smallest absolute Gasteiger partial charge is 0.242 e. The second kappa shape index (κ2) is 5.12. The summed E-state index contributed by atoms with van der Waals surface area (Å²) in [7, 11) is -3.46. The highest BCUT2D eigenvalue weighted by atomic mass is 32.2. The fourth-order valence-corrected chi connectivity index (χ4v) is 4.96. The van der Waals surface area contributed by atoms with Crippen molar-refractivity contribution < 1.29 is 13.5 Å². The molecule has 3 rings (SSSR count). The lowest BCUT2D eigenvalue weighted by Gasteiger charge is -2.10. The number of aliphatic hydroxyl groups excluding tert-OH is 1. The molecule has 19 heavy (non-hydrogen) atoms. The van der Waals surface area contributed by atoms with Gasteiger partial charge in [0.15, 0.2) is 0 Å². The summed E-state index contributed by atoms with van der Waals surface area (Å²) in [6.07, 6.45) is 4.68. The van der Waals surface area contributed by atoms with E-state index in [1.54, 1.807) is 24.0 Å². The Labute approximate surface area is 117 Å². The van der Waals surface area contributed by atoms with Crippen molar-refractivity contribution >= 4 is 21.8 Å². The molecule has 1 aliphatic heterocycles. The van der Waals surface area contributed by atoms with Crippen molar-refractivity contribution in [1.29, 1.82) is 0 Å². The Morgan fingerprint density at radius 2 is 2.21 bits per heavy atom. The third-order valence-electron chi connectivity index (χ3n) is 3.57. The largest absolute Gasteiger partial charge is 0.390 e. The minimum atomic E-state index is -3.46. The summed E-state index contributed by atoms with van der Waals surface area (Å²) in [4.78, 5) is 0.278. The number of nitrogens with one attached hydrogen (secondary N) is 1. The molecule has 1 aliphatic carbocycles. The molecule has 2 fully saturated rings. The normalized spacial score (nSPS) is 23.9. The van der Waals surface area contributed by atoms with Crippen molar-refractivity contribution in [2.75, 3.05) is 11.5 Å². The van der Waals surface area contributed by atoms with E-state index in [9.17, 15) is 13.5 Å². The minimum absolute atomic E-state index is 0.0388. The van der Waals surface area contributed by atoms with Gasteiger partial charge in [0.25, 0.3) is 0 Å². The van der Waals surface area contributed by atoms with Gasteiger partial charge in [0, 0.05) is 29.7 Å². The SMILES string of the molecule is O=S(=O)(NC1CCSC1)c1cc(CO)n(C2CC2)c1. The van der Waals surface area contributed by atoms with Gasteiger partial charge in [-0.15, -0.1) is 0 Å². The van der Waals surface area contributed by atoms with Gasteiger partial charge in [0.05, 0.1) is 11.5 Å². The number of sulfonamides is 1. The monoisotopic (exact) mass is 302 g/mol. The van der Waals surface area contributed by atoms with Crippen LogP contribution in [0.4, 0.5) is 0 Å². The Hall–Kier alpha value is -0.500. The number of hydrogen-bond donors (Lipinski definition) is 2. The summed E-state index contributed by atoms with van der Waals surface area (Å²) in [6.45, 7) is -0.120. The first-order valence-electron chi connectivity index (χ1n) is 6.52. The molecule has 5 nitrogen and oxygen atoms in total. The van der Waals surface area contributed by atoms with Crippen LogP contribution in [0, 0.1) is 0 Å². The van der Waals surface area contributed by atoms with Gasteiger partial charge >= 0.3 is 0 Å². The number of nitrogens with zero attached hydrogens (tertiary/aromatic N) is 1. The van der Waals surface area contributed by atoms with Crippen LogP contribution in [0.25, 0.3) is 0 Å². The lowest BCUT2D eigenvalue weighted by molar-refractivity contribution is 0.270. The van der Waals surface area contributed by atoms with E-state index in [0.29, 0.717) is 11.7 Å². The Bertz CT molecular complexity index is 558. The van der Waals surface area contributed by atoms with E-state index in [0.717, 1.165) is 30.8 Å². The van der Waals surface area contributed by atoms with Crippen molar-refractivity contribution in [3.63, 3.8) is 0 Å². The van der Waals surface area contributed by atoms with Crippen LogP contribution in [-0.2, 0) is 16.6 Å². The van der Waals surface area contributed by atoms with Gasteiger partial charge < -0.3 is 9.67 Å². The van der Waals surface area contributed by atoms with Crippen molar-refractivity contribution in [3.05, 3.63) is 18.0 Å². The fourth-order valence-electron chi connectivity index (χ4n) is 2.38. The Balaban J connectivity index is 1.83. The number of hydrogen-bond acceptors (Lipinski definition) is 4. The molecule has 2 N–H and O–H groups in total. The Kier molecular flexibility index (Phi) is 3.63. The number of aliphatic hydroxyl groups is 1. The molecule has 1 aromatic heterocycles. The second-order valence-corrected chi connectivity index (χ2v) is 8.01. The first kappa shape index (κ1) is 13.5. The van der Waals surface area contributed by atoms with E-state index in [1.165, 1.54) is 0 Å². The van der Waals surface area contributed by atoms with Gasteiger partial charge in [-0.05, 0) is 31.1 Å². The molecule has 0 bridgehead atoms. The lowest BCUT2D eigenvalue weighted by Crippen LogP contribution is -2.34. The molecule has 1 saturated carbocycles. The molecule has 1 atom stereocenters. The highest BCUT2D eigenvalue weighted by Crippen LogP contribution is 2.37. The molecule has 106 valence electrons. The van der Waals surface area contributed by atoms with Crippen LogP contribution in [0.3, 0.4) is 0 Å². The van der Waals surface area contributed by atoms with E-state index in [1.807, 2.05) is 4.57 Å². The van der Waals surface area contributed by atoms with Gasteiger partial charge in [-0.2, -0.15) is 11.8 Å². The van der Waals surface area contributed by atoms with Gasteiger partial charge in [0.2, 0.25) is 10.0 Å². The summed E-state index contributed by atoms with van der Waals surface area (Å²) < 4.78 is 29.2. The molecule has 1 aromatic rings. The van der Waals surface area contributed by atoms with Gasteiger partial charge in [-0.1, -0.05) is 0 Å². The molecular formula is C12H18N2O3S2. The van der Waals surface area contributed by atoms with Crippen LogP contribution in [0.2, 0.25) is 0 Å². The molecule has 1 unspecified atom stereocenters. The topological polar surface area (TPSA) is 71.3 Å². The molecule has 0 spiro atoms. The molecule has 2 heterocycles. The first-order valence-corrected chi connectivity index (χ1v) is 9.15. The third kappa shape index (κ3) is 2.84. The van der Waals surface area contributed by atoms with E-state index in [2.05, 4.69) is 4.72 Å². The zero-order valence-electron chi connectivity index (χ0n) is 10.6. The summed E-state index contributed by atoms with van der Waals surface area (Å²) in [6, 6.07) is 1.99. The van der Waals surface area contributed by atoms with E-state index in [4.69, 9.17) is 0 Å². The van der Waals surface area contributed by atoms with Crippen molar-refractivity contribution in [2.24, 2.45) is 0 Å². The quantitative estimate of drug-likeness (QED) is 0.854. The maximum Gasteiger partial charge on any atom is 0.242 e. The third-order valence-corrected chi connectivity index (χ3v) is 6.22. The number of rotatable bonds is 5. The van der Waals surface area contributed by atoms with E-state index in [-0.39, 0.29) is 17.5 Å². The lowest BCUT2D eigenvalue weighted by atomic mass is 10.3. The highest BCUT2D eigenvalue weighted by Gasteiger charge is 2.29. The van der Waals surface area contributed by atoms with Crippen LogP contribution in [0.5, 0.6) is 0 Å². The molecular weight excluding hydrogens is 284 g/mol. The Morgan fingerprint density at radius 3 is 2.79 bits per heavy atom.